The lowest BCUT2D eigenvalue weighted by Crippen LogP contribution is -2.22. The van der Waals surface area contributed by atoms with Crippen molar-refractivity contribution in [2.45, 2.75) is 51.4 Å². The third-order valence-electron chi connectivity index (χ3n) is 7.97. The van der Waals surface area contributed by atoms with Gasteiger partial charge in [0.2, 0.25) is 11.7 Å². The zero-order valence-electron chi connectivity index (χ0n) is 22.0. The number of ether oxygens (including phenoxy) is 1. The molecule has 0 radical (unpaired) electrons. The maximum atomic E-state index is 15.0. The van der Waals surface area contributed by atoms with Gasteiger partial charge in [-0.2, -0.15) is 4.98 Å². The SMILES string of the molecule is COc1ncc(C(=O)CC2(C(=O)C[C@H]3CCc4cc(-c5cc(Cl)cc(F)c5-c5noc(C)n5)ccc43)CC2)cn1. The Morgan fingerprint density at radius 1 is 1.18 bits per heavy atom. The van der Waals surface area contributed by atoms with Crippen molar-refractivity contribution >= 4 is 23.2 Å². The maximum absolute atomic E-state index is 15.0. The molecule has 2 aromatic heterocycles. The molecule has 8 nitrogen and oxygen atoms in total. The minimum Gasteiger partial charge on any atom is -0.467 e. The molecule has 4 aromatic rings. The summed E-state index contributed by atoms with van der Waals surface area (Å²) in [6.07, 6.45) is 6.50. The summed E-state index contributed by atoms with van der Waals surface area (Å²) in [5, 5.41) is 4.18. The number of nitrogens with zero attached hydrogens (tertiary/aromatic N) is 4. The largest absolute Gasteiger partial charge is 0.467 e. The molecule has 204 valence electrons. The summed E-state index contributed by atoms with van der Waals surface area (Å²) in [6, 6.07) is 9.09. The van der Waals surface area contributed by atoms with Gasteiger partial charge in [0.25, 0.3) is 0 Å². The van der Waals surface area contributed by atoms with Gasteiger partial charge in [-0.3, -0.25) is 9.59 Å². The highest BCUT2D eigenvalue weighted by molar-refractivity contribution is 6.31. The first-order chi connectivity index (χ1) is 19.3. The van der Waals surface area contributed by atoms with Crippen molar-refractivity contribution in [1.29, 1.82) is 0 Å². The van der Waals surface area contributed by atoms with E-state index >= 15 is 4.39 Å². The van der Waals surface area contributed by atoms with Crippen LogP contribution in [-0.2, 0) is 11.2 Å². The van der Waals surface area contributed by atoms with Gasteiger partial charge >= 0.3 is 6.01 Å². The van der Waals surface area contributed by atoms with Gasteiger partial charge in [-0.1, -0.05) is 35.0 Å². The van der Waals surface area contributed by atoms with Crippen LogP contribution in [0.5, 0.6) is 6.01 Å². The molecule has 2 aromatic carbocycles. The van der Waals surface area contributed by atoms with Gasteiger partial charge in [0.1, 0.15) is 11.6 Å². The molecular weight excluding hydrogens is 535 g/mol. The Balaban J connectivity index is 1.20. The molecule has 0 saturated heterocycles. The van der Waals surface area contributed by atoms with Crippen molar-refractivity contribution in [3.8, 4) is 28.5 Å². The molecule has 0 aliphatic heterocycles. The van der Waals surface area contributed by atoms with Crippen LogP contribution >= 0.6 is 11.6 Å². The van der Waals surface area contributed by atoms with Crippen molar-refractivity contribution in [3.05, 3.63) is 76.1 Å². The number of rotatable bonds is 9. The second kappa shape index (κ2) is 10.2. The highest BCUT2D eigenvalue weighted by Gasteiger charge is 2.51. The van der Waals surface area contributed by atoms with Gasteiger partial charge in [0, 0.05) is 42.6 Å². The summed E-state index contributed by atoms with van der Waals surface area (Å²) >= 11 is 6.22. The van der Waals surface area contributed by atoms with Gasteiger partial charge in [-0.05, 0) is 66.0 Å². The van der Waals surface area contributed by atoms with Crippen LogP contribution in [0.25, 0.3) is 22.5 Å². The summed E-state index contributed by atoms with van der Waals surface area (Å²) in [6.45, 7) is 1.65. The number of aryl methyl sites for hydroxylation is 2. The van der Waals surface area contributed by atoms with Gasteiger partial charge in [0.05, 0.1) is 18.2 Å². The first-order valence-corrected chi connectivity index (χ1v) is 13.5. The predicted molar refractivity (Wildman–Crippen MR) is 145 cm³/mol. The van der Waals surface area contributed by atoms with E-state index < -0.39 is 11.2 Å². The van der Waals surface area contributed by atoms with E-state index in [1.807, 2.05) is 18.2 Å². The topological polar surface area (TPSA) is 108 Å². The first kappa shape index (κ1) is 26.3. The summed E-state index contributed by atoms with van der Waals surface area (Å²) in [5.41, 5.74) is 3.60. The van der Waals surface area contributed by atoms with Crippen LogP contribution in [0, 0.1) is 18.2 Å². The number of aromatic nitrogens is 4. The van der Waals surface area contributed by atoms with Crippen LogP contribution in [0.3, 0.4) is 0 Å². The van der Waals surface area contributed by atoms with Crippen molar-refractivity contribution in [2.75, 3.05) is 7.11 Å². The Bertz CT molecular complexity index is 1630. The van der Waals surface area contributed by atoms with Crippen LogP contribution in [-0.4, -0.2) is 38.8 Å². The fourth-order valence-electron chi connectivity index (χ4n) is 5.64. The van der Waals surface area contributed by atoms with Gasteiger partial charge in [-0.25, -0.2) is 14.4 Å². The van der Waals surface area contributed by atoms with Crippen molar-refractivity contribution in [3.63, 3.8) is 0 Å². The summed E-state index contributed by atoms with van der Waals surface area (Å²) in [4.78, 5) is 38.5. The van der Waals surface area contributed by atoms with E-state index in [0.29, 0.717) is 36.3 Å². The smallest absolute Gasteiger partial charge is 0.316 e. The quantitative estimate of drug-likeness (QED) is 0.218. The van der Waals surface area contributed by atoms with Crippen LogP contribution < -0.4 is 4.74 Å². The summed E-state index contributed by atoms with van der Waals surface area (Å²) in [7, 11) is 1.46. The maximum Gasteiger partial charge on any atom is 0.316 e. The van der Waals surface area contributed by atoms with E-state index in [0.717, 1.165) is 29.5 Å². The normalized spacial score (nSPS) is 16.9. The number of methoxy groups -OCH3 is 1. The number of carbonyl (C=O) groups is 2. The zero-order chi connectivity index (χ0) is 28.0. The third-order valence-corrected chi connectivity index (χ3v) is 8.19. The van der Waals surface area contributed by atoms with E-state index in [1.54, 1.807) is 13.0 Å². The standard InChI is InChI=1S/C30H26ClFN4O4/c1-16-35-28(36-40-16)27-23(11-21(31)12-24(27)32)18-5-6-22-17(9-18)3-4-19(22)10-26(38)30(7-8-30)13-25(37)20-14-33-29(39-2)34-15-20/h5-6,9,11-12,14-15,19H,3-4,7-8,10,13H2,1-2H3/t19-/m1/s1. The average molecular weight is 561 g/mol. The molecule has 1 saturated carbocycles. The van der Waals surface area contributed by atoms with Crippen molar-refractivity contribution in [1.82, 2.24) is 20.1 Å². The lowest BCUT2D eigenvalue weighted by Gasteiger charge is -2.17. The Labute approximate surface area is 234 Å². The minimum atomic E-state index is -0.602. The molecule has 0 unspecified atom stereocenters. The fraction of sp³-hybridized carbons (Fsp3) is 0.333. The van der Waals surface area contributed by atoms with Gasteiger partial charge in [-0.15, -0.1) is 0 Å². The molecule has 0 amide bonds. The third kappa shape index (κ3) is 4.90. The number of carbonyl (C=O) groups excluding carboxylic acids is 2. The van der Waals surface area contributed by atoms with Gasteiger partial charge in [0.15, 0.2) is 5.78 Å². The molecule has 6 rings (SSSR count). The molecule has 1 fully saturated rings. The average Bonchev–Trinajstić information content (AvgIpc) is 3.43. The van der Waals surface area contributed by atoms with Gasteiger partial charge < -0.3 is 9.26 Å². The molecule has 0 spiro atoms. The van der Waals surface area contributed by atoms with E-state index in [1.165, 1.54) is 25.6 Å². The fourth-order valence-corrected chi connectivity index (χ4v) is 5.84. The van der Waals surface area contributed by atoms with Crippen molar-refractivity contribution < 1.29 is 23.2 Å². The number of Topliss-reactive ketones (excluding diaryl/α,β-unsaturated/α-hetero) is 2. The molecule has 10 heteroatoms. The molecular formula is C30H26ClFN4O4. The molecule has 0 bridgehead atoms. The highest BCUT2D eigenvalue weighted by atomic mass is 35.5. The van der Waals surface area contributed by atoms with Crippen molar-refractivity contribution in [2.24, 2.45) is 5.41 Å². The molecule has 2 heterocycles. The molecule has 2 aliphatic carbocycles. The lowest BCUT2D eigenvalue weighted by molar-refractivity contribution is -0.124. The van der Waals surface area contributed by atoms with Crippen LogP contribution in [0.2, 0.25) is 5.02 Å². The number of halogens is 2. The summed E-state index contributed by atoms with van der Waals surface area (Å²) < 4.78 is 25.1. The number of hydrogen-bond acceptors (Lipinski definition) is 8. The molecule has 40 heavy (non-hydrogen) atoms. The molecule has 2 aliphatic rings. The van der Waals surface area contributed by atoms with Crippen LogP contribution in [0.15, 0.2) is 47.2 Å². The predicted octanol–water partition coefficient (Wildman–Crippen LogP) is 6.35. The number of benzene rings is 2. The first-order valence-electron chi connectivity index (χ1n) is 13.1. The Hall–Kier alpha value is -3.98. The number of hydrogen-bond donors (Lipinski definition) is 0. The van der Waals surface area contributed by atoms with Crippen LogP contribution in [0.4, 0.5) is 4.39 Å². The monoisotopic (exact) mass is 560 g/mol. The Morgan fingerprint density at radius 2 is 1.95 bits per heavy atom. The highest BCUT2D eigenvalue weighted by Crippen LogP contribution is 2.53. The van der Waals surface area contributed by atoms with E-state index in [9.17, 15) is 9.59 Å². The van der Waals surface area contributed by atoms with E-state index in [4.69, 9.17) is 20.9 Å². The second-order valence-electron chi connectivity index (χ2n) is 10.6. The molecule has 1 atom stereocenters. The second-order valence-corrected chi connectivity index (χ2v) is 11.0. The number of ketones is 2. The Kier molecular flexibility index (Phi) is 6.70. The van der Waals surface area contributed by atoms with Crippen LogP contribution in [0.1, 0.15) is 65.4 Å². The Morgan fingerprint density at radius 3 is 2.62 bits per heavy atom. The molecule has 0 N–H and O–H groups in total. The van der Waals surface area contributed by atoms with E-state index in [-0.39, 0.29) is 46.3 Å². The van der Waals surface area contributed by atoms with E-state index in [2.05, 4.69) is 20.1 Å². The lowest BCUT2D eigenvalue weighted by atomic mass is 9.85. The zero-order valence-corrected chi connectivity index (χ0v) is 22.8. The number of fused-ring (bicyclic) bond motifs is 1. The minimum absolute atomic E-state index is 0.0730. The summed E-state index contributed by atoms with van der Waals surface area (Å²) in [5.74, 6) is 0.0391.